The fraction of sp³-hybridized carbons (Fsp3) is 0.651. The molecule has 4 aliphatic heterocycles. The predicted molar refractivity (Wildman–Crippen MR) is 228 cm³/mol. The minimum Gasteiger partial charge on any atom is -0.444 e. The van der Waals surface area contributed by atoms with Crippen LogP contribution in [0, 0.1) is 0 Å². The molecule has 4 fully saturated rings. The van der Waals surface area contributed by atoms with Crippen LogP contribution >= 0.6 is 0 Å². The van der Waals surface area contributed by atoms with Gasteiger partial charge in [-0.05, 0) is 59.7 Å². The number of hydrogen-bond donors (Lipinski definition) is 1. The number of benzene rings is 2. The van der Waals surface area contributed by atoms with Gasteiger partial charge >= 0.3 is 24.9 Å². The summed E-state index contributed by atoms with van der Waals surface area (Å²) in [6, 6.07) is 9.09. The molecule has 2 amide bonds. The predicted octanol–water partition coefficient (Wildman–Crippen LogP) is 7.17. The SMILES string of the molecule is C.CC(C)(C)OC(=O)N1CCN(Cc2ccc(N3CCOCC3)cc2OC(F)(F)F)CC1.CC(C)(C)OC(=O)N1CCNCC1.O=Cc1ccc(N2CCOCC2)cc1OC(F)(F)F. The van der Waals surface area contributed by atoms with Crippen LogP contribution in [0.25, 0.3) is 0 Å². The van der Waals surface area contributed by atoms with Gasteiger partial charge in [-0.25, -0.2) is 9.59 Å². The lowest BCUT2D eigenvalue weighted by molar-refractivity contribution is -0.275. The lowest BCUT2D eigenvalue weighted by Crippen LogP contribution is -2.49. The van der Waals surface area contributed by atoms with Gasteiger partial charge in [0.15, 0.2) is 6.29 Å². The summed E-state index contributed by atoms with van der Waals surface area (Å²) >= 11 is 0. The summed E-state index contributed by atoms with van der Waals surface area (Å²) in [6.07, 6.45) is -9.82. The highest BCUT2D eigenvalue weighted by Crippen LogP contribution is 2.33. The number of amides is 2. The molecule has 4 heterocycles. The van der Waals surface area contributed by atoms with Crippen molar-refractivity contribution >= 4 is 29.8 Å². The first-order chi connectivity index (χ1) is 29.5. The number of rotatable bonds is 7. The summed E-state index contributed by atoms with van der Waals surface area (Å²) in [5.41, 5.74) is 0.631. The number of carbonyl (C=O) groups excluding carboxylic acids is 3. The Balaban J connectivity index is 0.000000280. The Labute approximate surface area is 371 Å². The molecule has 0 saturated carbocycles. The Morgan fingerprint density at radius 1 is 0.625 bits per heavy atom. The van der Waals surface area contributed by atoms with Gasteiger partial charge in [0.25, 0.3) is 0 Å². The normalized spacial score (nSPS) is 17.7. The number of morpholine rings is 2. The standard InChI is InChI=1S/C21H30F3N3O4.C12H12F3NO3.C9H18N2O2.CH4/c1-20(2,3)31-19(28)27-8-6-25(7-9-27)15-16-4-5-17(26-10-12-29-13-11-26)14-18(16)30-21(22,23)24;13-12(14,15)19-11-7-10(2-1-9(11)8-17)16-3-5-18-6-4-16;1-9(2,3)13-8(12)11-6-4-10-5-7-11;/h4-5,14H,6-13,15H2,1-3H3;1-2,7-8H,3-6H2;10H,4-7H2,1-3H3;1H4. The van der Waals surface area contributed by atoms with Crippen molar-refractivity contribution in [1.29, 1.82) is 0 Å². The van der Waals surface area contributed by atoms with Crippen LogP contribution in [-0.4, -0.2) is 162 Å². The number of piperazine rings is 2. The van der Waals surface area contributed by atoms with E-state index in [-0.39, 0.29) is 36.5 Å². The first-order valence-corrected chi connectivity index (χ1v) is 20.8. The van der Waals surface area contributed by atoms with Gasteiger partial charge in [-0.3, -0.25) is 9.69 Å². The molecule has 0 bridgehead atoms. The average Bonchev–Trinajstić information content (AvgIpc) is 3.21. The van der Waals surface area contributed by atoms with Crippen molar-refractivity contribution in [3.63, 3.8) is 0 Å². The van der Waals surface area contributed by atoms with E-state index in [1.54, 1.807) is 21.9 Å². The fourth-order valence-electron chi connectivity index (χ4n) is 6.59. The molecule has 0 radical (unpaired) electrons. The van der Waals surface area contributed by atoms with Gasteiger partial charge in [0.1, 0.15) is 22.7 Å². The Bertz CT molecular complexity index is 1760. The van der Waals surface area contributed by atoms with Gasteiger partial charge in [0.05, 0.1) is 32.0 Å². The maximum Gasteiger partial charge on any atom is 0.573 e. The zero-order valence-corrected chi connectivity index (χ0v) is 36.7. The van der Waals surface area contributed by atoms with E-state index < -0.39 is 24.1 Å². The molecule has 4 saturated heterocycles. The second-order valence-electron chi connectivity index (χ2n) is 16.9. The zero-order valence-electron chi connectivity index (χ0n) is 36.7. The quantitative estimate of drug-likeness (QED) is 0.223. The number of carbonyl (C=O) groups is 3. The van der Waals surface area contributed by atoms with Crippen molar-refractivity contribution in [1.82, 2.24) is 20.0 Å². The molecule has 362 valence electrons. The summed E-state index contributed by atoms with van der Waals surface area (Å²) in [5.74, 6) is -0.669. The topological polar surface area (TPSA) is 135 Å². The van der Waals surface area contributed by atoms with Crippen molar-refractivity contribution in [3.8, 4) is 11.5 Å². The maximum atomic E-state index is 13.0. The van der Waals surface area contributed by atoms with Crippen LogP contribution in [0.1, 0.15) is 64.9 Å². The van der Waals surface area contributed by atoms with Gasteiger partial charge in [0.2, 0.25) is 0 Å². The van der Waals surface area contributed by atoms with Crippen LogP contribution in [-0.2, 0) is 25.5 Å². The third-order valence-electron chi connectivity index (χ3n) is 9.57. The third kappa shape index (κ3) is 19.2. The fourth-order valence-corrected chi connectivity index (χ4v) is 6.59. The highest BCUT2D eigenvalue weighted by Gasteiger charge is 2.34. The van der Waals surface area contributed by atoms with Crippen molar-refractivity contribution in [2.75, 3.05) is 115 Å². The van der Waals surface area contributed by atoms with Crippen molar-refractivity contribution in [2.45, 2.75) is 79.4 Å². The highest BCUT2D eigenvalue weighted by molar-refractivity contribution is 5.81. The first kappa shape index (κ1) is 53.6. The van der Waals surface area contributed by atoms with Crippen LogP contribution in [0.5, 0.6) is 11.5 Å². The second kappa shape index (κ2) is 24.0. The van der Waals surface area contributed by atoms with Crippen LogP contribution in [0.3, 0.4) is 0 Å². The Kier molecular flexibility index (Phi) is 20.1. The van der Waals surface area contributed by atoms with Crippen molar-refractivity contribution in [2.24, 2.45) is 0 Å². The van der Waals surface area contributed by atoms with Crippen LogP contribution < -0.4 is 24.6 Å². The van der Waals surface area contributed by atoms with E-state index in [9.17, 15) is 40.7 Å². The molecule has 0 unspecified atom stereocenters. The largest absolute Gasteiger partial charge is 0.573 e. The van der Waals surface area contributed by atoms with Crippen LogP contribution in [0.15, 0.2) is 36.4 Å². The van der Waals surface area contributed by atoms with E-state index in [0.29, 0.717) is 109 Å². The minimum atomic E-state index is -4.82. The molecule has 0 spiro atoms. The summed E-state index contributed by atoms with van der Waals surface area (Å²) < 4.78 is 105. The van der Waals surface area contributed by atoms with E-state index in [4.69, 9.17) is 18.9 Å². The number of alkyl halides is 6. The van der Waals surface area contributed by atoms with E-state index in [1.165, 1.54) is 18.2 Å². The molecule has 21 heteroatoms. The summed E-state index contributed by atoms with van der Waals surface area (Å²) in [5, 5.41) is 3.18. The monoisotopic (exact) mass is 922 g/mol. The number of anilines is 2. The molecule has 64 heavy (non-hydrogen) atoms. The number of nitrogens with zero attached hydrogens (tertiary/aromatic N) is 5. The smallest absolute Gasteiger partial charge is 0.444 e. The molecular weight excluding hydrogens is 858 g/mol. The summed E-state index contributed by atoms with van der Waals surface area (Å²) in [6.45, 7) is 21.1. The van der Waals surface area contributed by atoms with Crippen molar-refractivity contribution < 1.29 is 69.1 Å². The maximum absolute atomic E-state index is 13.0. The lowest BCUT2D eigenvalue weighted by atomic mass is 10.1. The molecule has 2 aromatic rings. The van der Waals surface area contributed by atoms with Gasteiger partial charge in [-0.1, -0.05) is 13.5 Å². The second-order valence-corrected chi connectivity index (χ2v) is 16.9. The number of halogens is 6. The van der Waals surface area contributed by atoms with Crippen molar-refractivity contribution in [3.05, 3.63) is 47.5 Å². The molecule has 0 atom stereocenters. The van der Waals surface area contributed by atoms with Gasteiger partial charge in [-0.15, -0.1) is 26.3 Å². The Hall–Kier alpha value is -4.73. The molecule has 2 aromatic carbocycles. The Morgan fingerprint density at radius 2 is 1.05 bits per heavy atom. The average molecular weight is 923 g/mol. The van der Waals surface area contributed by atoms with E-state index in [2.05, 4.69) is 14.8 Å². The molecule has 4 aliphatic rings. The third-order valence-corrected chi connectivity index (χ3v) is 9.57. The molecule has 15 nitrogen and oxygen atoms in total. The van der Waals surface area contributed by atoms with Crippen LogP contribution in [0.4, 0.5) is 47.3 Å². The number of ether oxygens (including phenoxy) is 6. The van der Waals surface area contributed by atoms with Gasteiger partial charge in [-0.2, -0.15) is 0 Å². The van der Waals surface area contributed by atoms with E-state index in [1.807, 2.05) is 62.3 Å². The van der Waals surface area contributed by atoms with E-state index >= 15 is 0 Å². The molecule has 6 rings (SSSR count). The molecule has 0 aliphatic carbocycles. The lowest BCUT2D eigenvalue weighted by Gasteiger charge is -2.36. The van der Waals surface area contributed by atoms with E-state index in [0.717, 1.165) is 26.2 Å². The molecular formula is C43H64F6N6O9. The number of aldehydes is 1. The summed E-state index contributed by atoms with van der Waals surface area (Å²) in [4.78, 5) is 43.6. The summed E-state index contributed by atoms with van der Waals surface area (Å²) in [7, 11) is 0. The number of hydrogen-bond acceptors (Lipinski definition) is 13. The molecule has 1 N–H and O–H groups in total. The Morgan fingerprint density at radius 3 is 1.48 bits per heavy atom. The van der Waals surface area contributed by atoms with Crippen LogP contribution in [0.2, 0.25) is 0 Å². The zero-order chi connectivity index (χ0) is 46.4. The molecule has 0 aromatic heterocycles. The van der Waals surface area contributed by atoms with Gasteiger partial charge < -0.3 is 53.3 Å². The van der Waals surface area contributed by atoms with Gasteiger partial charge in [0, 0.05) is 114 Å². The highest BCUT2D eigenvalue weighted by atomic mass is 19.4. The first-order valence-electron chi connectivity index (χ1n) is 20.8. The number of nitrogens with one attached hydrogen (secondary N) is 1. The minimum absolute atomic E-state index is 0.